The van der Waals surface area contributed by atoms with E-state index in [0.717, 1.165) is 42.5 Å². The summed E-state index contributed by atoms with van der Waals surface area (Å²) in [5.41, 5.74) is 11.8. The van der Waals surface area contributed by atoms with E-state index in [0.29, 0.717) is 22.4 Å². The van der Waals surface area contributed by atoms with Crippen LogP contribution in [0.4, 0.5) is 18.9 Å². The number of ether oxygens (including phenoxy) is 1. The van der Waals surface area contributed by atoms with Crippen LogP contribution < -0.4 is 20.5 Å². The molecule has 3 aromatic carbocycles. The average Bonchev–Trinajstić information content (AvgIpc) is 3.66. The quantitative estimate of drug-likeness (QED) is 0.178. The van der Waals surface area contributed by atoms with Crippen molar-refractivity contribution < 1.29 is 22.7 Å². The second kappa shape index (κ2) is 13.0. The smallest absolute Gasteiger partial charge is 0.406 e. The molecule has 2 aliphatic rings. The van der Waals surface area contributed by atoms with Crippen LogP contribution in [0.3, 0.4) is 0 Å². The number of anilines is 1. The number of rotatable bonds is 7. The van der Waals surface area contributed by atoms with Gasteiger partial charge in [-0.25, -0.2) is 15.1 Å². The first kappa shape index (κ1) is 30.7. The fourth-order valence-electron chi connectivity index (χ4n) is 5.26. The predicted octanol–water partition coefficient (Wildman–Crippen LogP) is 6.29. The van der Waals surface area contributed by atoms with Gasteiger partial charge in [0.15, 0.2) is 11.0 Å². The van der Waals surface area contributed by atoms with Crippen LogP contribution in [0.5, 0.6) is 5.75 Å². The van der Waals surface area contributed by atoms with Crippen molar-refractivity contribution in [3.05, 3.63) is 89.7 Å². The van der Waals surface area contributed by atoms with Crippen molar-refractivity contribution in [2.24, 2.45) is 4.99 Å². The number of fused-ring (bicyclic) bond motifs is 1. The van der Waals surface area contributed by atoms with Crippen molar-refractivity contribution in [3.63, 3.8) is 0 Å². The SMILES string of the molecule is CC(NNC(=S)/N=C1\SCC(=O)N1c1cccc2c1CCCC2)c1ccc(-c2ncn(-c3ccc(OC(F)(F)F)cc3)n2)cc1. The van der Waals surface area contributed by atoms with Crippen molar-refractivity contribution in [2.75, 3.05) is 10.7 Å². The molecule has 1 aromatic heterocycles. The number of aromatic nitrogens is 3. The number of carbonyl (C=O) groups is 1. The van der Waals surface area contributed by atoms with E-state index >= 15 is 0 Å². The molecule has 0 spiro atoms. The molecule has 232 valence electrons. The summed E-state index contributed by atoms with van der Waals surface area (Å²) in [5.74, 6) is 0.459. The van der Waals surface area contributed by atoms with E-state index in [9.17, 15) is 18.0 Å². The molecule has 1 saturated heterocycles. The lowest BCUT2D eigenvalue weighted by Crippen LogP contribution is -2.38. The molecule has 14 heteroatoms. The van der Waals surface area contributed by atoms with Crippen LogP contribution in [0, 0.1) is 0 Å². The molecule has 1 aliphatic carbocycles. The van der Waals surface area contributed by atoms with Crippen LogP contribution in [0.2, 0.25) is 0 Å². The van der Waals surface area contributed by atoms with Crippen molar-refractivity contribution in [2.45, 2.75) is 45.0 Å². The summed E-state index contributed by atoms with van der Waals surface area (Å²) >= 11 is 6.87. The molecule has 1 amide bonds. The van der Waals surface area contributed by atoms with Gasteiger partial charge in [0.25, 0.3) is 0 Å². The number of aryl methyl sites for hydroxylation is 1. The number of hydrazine groups is 1. The van der Waals surface area contributed by atoms with Crippen LogP contribution in [0.15, 0.2) is 78.0 Å². The summed E-state index contributed by atoms with van der Waals surface area (Å²) in [7, 11) is 0. The lowest BCUT2D eigenvalue weighted by atomic mass is 9.90. The zero-order chi connectivity index (χ0) is 31.6. The van der Waals surface area contributed by atoms with E-state index in [1.165, 1.54) is 58.2 Å². The third-order valence-corrected chi connectivity index (χ3v) is 8.58. The number of carbonyl (C=O) groups excluding carboxylic acids is 1. The van der Waals surface area contributed by atoms with Crippen molar-refractivity contribution in [1.82, 2.24) is 25.6 Å². The summed E-state index contributed by atoms with van der Waals surface area (Å²) in [6.07, 6.45) is 0.974. The van der Waals surface area contributed by atoms with Gasteiger partial charge in [-0.15, -0.1) is 18.3 Å². The Morgan fingerprint density at radius 2 is 1.82 bits per heavy atom. The highest BCUT2D eigenvalue weighted by Crippen LogP contribution is 2.35. The fraction of sp³-hybridized carbons (Fsp3) is 0.258. The Bertz CT molecular complexity index is 1740. The monoisotopic (exact) mass is 651 g/mol. The summed E-state index contributed by atoms with van der Waals surface area (Å²) in [5, 5.41) is 5.23. The van der Waals surface area contributed by atoms with Crippen molar-refractivity contribution in [1.29, 1.82) is 0 Å². The number of nitrogens with zero attached hydrogens (tertiary/aromatic N) is 5. The van der Waals surface area contributed by atoms with Gasteiger partial charge in [-0.3, -0.25) is 15.1 Å². The minimum Gasteiger partial charge on any atom is -0.406 e. The number of halogens is 3. The lowest BCUT2D eigenvalue weighted by molar-refractivity contribution is -0.274. The molecule has 1 fully saturated rings. The topological polar surface area (TPSA) is 96.7 Å². The van der Waals surface area contributed by atoms with Crippen LogP contribution in [0.1, 0.15) is 42.5 Å². The Labute approximate surface area is 266 Å². The second-order valence-corrected chi connectivity index (χ2v) is 11.8. The van der Waals surface area contributed by atoms with Gasteiger partial charge in [0.1, 0.15) is 12.1 Å². The van der Waals surface area contributed by atoms with Gasteiger partial charge < -0.3 is 4.74 Å². The predicted molar refractivity (Wildman–Crippen MR) is 171 cm³/mol. The van der Waals surface area contributed by atoms with E-state index in [1.807, 2.05) is 43.3 Å². The number of amidine groups is 1. The molecule has 1 unspecified atom stereocenters. The summed E-state index contributed by atoms with van der Waals surface area (Å²) in [4.78, 5) is 23.5. The number of amides is 1. The Balaban J connectivity index is 1.07. The highest BCUT2D eigenvalue weighted by molar-refractivity contribution is 8.15. The molecule has 4 aromatic rings. The van der Waals surface area contributed by atoms with Crippen LogP contribution >= 0.6 is 24.0 Å². The normalized spacial score (nSPS) is 16.5. The highest BCUT2D eigenvalue weighted by atomic mass is 32.2. The molecule has 45 heavy (non-hydrogen) atoms. The number of aliphatic imine (C=N–C) groups is 1. The third kappa shape index (κ3) is 7.18. The molecule has 0 saturated carbocycles. The van der Waals surface area contributed by atoms with Crippen LogP contribution in [0.25, 0.3) is 17.1 Å². The van der Waals surface area contributed by atoms with E-state index in [2.05, 4.69) is 36.7 Å². The number of benzene rings is 3. The molecule has 0 bridgehead atoms. The first-order valence-corrected chi connectivity index (χ1v) is 15.6. The summed E-state index contributed by atoms with van der Waals surface area (Å²) in [6.45, 7) is 1.97. The van der Waals surface area contributed by atoms with Crippen LogP contribution in [-0.4, -0.2) is 43.1 Å². The van der Waals surface area contributed by atoms with Gasteiger partial charge in [0, 0.05) is 11.6 Å². The van der Waals surface area contributed by atoms with Gasteiger partial charge in [-0.2, -0.15) is 4.99 Å². The maximum absolute atomic E-state index is 12.9. The van der Waals surface area contributed by atoms with Gasteiger partial charge in [-0.1, -0.05) is 48.2 Å². The lowest BCUT2D eigenvalue weighted by Gasteiger charge is -2.24. The minimum absolute atomic E-state index is 0.00491. The molecule has 1 aliphatic heterocycles. The Morgan fingerprint density at radius 1 is 1.07 bits per heavy atom. The minimum atomic E-state index is -4.75. The van der Waals surface area contributed by atoms with Gasteiger partial charge in [0.05, 0.1) is 17.1 Å². The molecule has 1 atom stereocenters. The van der Waals surface area contributed by atoms with E-state index in [-0.39, 0.29) is 22.8 Å². The Morgan fingerprint density at radius 3 is 2.58 bits per heavy atom. The van der Waals surface area contributed by atoms with E-state index in [1.54, 1.807) is 4.90 Å². The van der Waals surface area contributed by atoms with E-state index < -0.39 is 6.36 Å². The molecule has 2 heterocycles. The molecule has 6 rings (SSSR count). The van der Waals surface area contributed by atoms with Gasteiger partial charge in [-0.05, 0) is 91.8 Å². The number of nitrogens with one attached hydrogen (secondary N) is 2. The average molecular weight is 652 g/mol. The van der Waals surface area contributed by atoms with Gasteiger partial charge in [0.2, 0.25) is 11.0 Å². The Hall–Kier alpha value is -4.27. The van der Waals surface area contributed by atoms with Gasteiger partial charge >= 0.3 is 6.36 Å². The largest absolute Gasteiger partial charge is 0.573 e. The Kier molecular flexibility index (Phi) is 8.88. The molecule has 0 radical (unpaired) electrons. The number of alkyl halides is 3. The first-order chi connectivity index (χ1) is 21.6. The summed E-state index contributed by atoms with van der Waals surface area (Å²) in [6, 6.07) is 19.0. The zero-order valence-corrected chi connectivity index (χ0v) is 25.7. The van der Waals surface area contributed by atoms with Crippen molar-refractivity contribution in [3.8, 4) is 22.8 Å². The number of hydrogen-bond acceptors (Lipinski definition) is 7. The van der Waals surface area contributed by atoms with E-state index in [4.69, 9.17) is 12.2 Å². The molecular formula is C31H28F3N7O2S2. The number of hydrogen-bond donors (Lipinski definition) is 2. The molecular weight excluding hydrogens is 624 g/mol. The van der Waals surface area contributed by atoms with Crippen LogP contribution in [-0.2, 0) is 17.6 Å². The second-order valence-electron chi connectivity index (χ2n) is 10.5. The molecule has 9 nitrogen and oxygen atoms in total. The maximum Gasteiger partial charge on any atom is 0.573 e. The standard InChI is InChI=1S/C31H28F3N7O2S2/c1-19(37-38-29(44)36-30-41(27(42)17-45-30)26-8-4-6-21-5-2-3-7-25(21)26)20-9-11-22(12-10-20)28-35-18-40(39-28)23-13-15-24(16-14-23)43-31(32,33)34/h4,6,8-16,18-19,37H,2-3,5,7,17H2,1H3,(H,38,44)/b36-30-. The zero-order valence-electron chi connectivity index (χ0n) is 24.0. The summed E-state index contributed by atoms with van der Waals surface area (Å²) < 4.78 is 42.7. The fourth-order valence-corrected chi connectivity index (χ4v) is 6.33. The van der Waals surface area contributed by atoms with Crippen molar-refractivity contribution >= 4 is 45.9 Å². The molecule has 2 N–H and O–H groups in total. The highest BCUT2D eigenvalue weighted by Gasteiger charge is 2.33. The number of thiocarbonyl (C=S) groups is 1. The third-order valence-electron chi connectivity index (χ3n) is 7.47. The number of thioether (sulfide) groups is 1. The maximum atomic E-state index is 12.9. The first-order valence-electron chi connectivity index (χ1n) is 14.2.